The van der Waals surface area contributed by atoms with Crippen LogP contribution >= 0.6 is 15.9 Å². The number of benzene rings is 1. The van der Waals surface area contributed by atoms with Crippen molar-refractivity contribution in [2.45, 2.75) is 52.9 Å². The molecule has 0 aromatic heterocycles. The van der Waals surface area contributed by atoms with Crippen LogP contribution in [0.4, 0.5) is 4.39 Å². The first-order chi connectivity index (χ1) is 9.75. The molecule has 1 nitrogen and oxygen atoms in total. The van der Waals surface area contributed by atoms with Crippen LogP contribution in [-0.2, 0) is 11.2 Å². The van der Waals surface area contributed by atoms with Crippen LogP contribution in [0.2, 0.25) is 0 Å². The monoisotopic (exact) mass is 354 g/mol. The maximum Gasteiger partial charge on any atom is 0.140 e. The van der Waals surface area contributed by atoms with Gasteiger partial charge in [0.25, 0.3) is 0 Å². The SMILES string of the molecule is CC(C)(C)C1CCC(C(=O)Cc2cc(F)cc(Br)c2)CC1. The van der Waals surface area contributed by atoms with Crippen LogP contribution in [0.1, 0.15) is 52.0 Å². The van der Waals surface area contributed by atoms with Gasteiger partial charge < -0.3 is 0 Å². The predicted molar refractivity (Wildman–Crippen MR) is 87.7 cm³/mol. The Morgan fingerprint density at radius 3 is 2.33 bits per heavy atom. The number of ketones is 1. The van der Waals surface area contributed by atoms with Gasteiger partial charge in [-0.05, 0) is 60.8 Å². The fourth-order valence-corrected chi connectivity index (χ4v) is 3.85. The molecule has 0 saturated heterocycles. The van der Waals surface area contributed by atoms with Crippen LogP contribution in [0.5, 0.6) is 0 Å². The molecule has 0 bridgehead atoms. The van der Waals surface area contributed by atoms with E-state index in [0.717, 1.165) is 31.2 Å². The highest BCUT2D eigenvalue weighted by Gasteiger charge is 2.32. The molecule has 2 rings (SSSR count). The third-order valence-corrected chi connectivity index (χ3v) is 5.17. The van der Waals surface area contributed by atoms with E-state index in [1.54, 1.807) is 0 Å². The van der Waals surface area contributed by atoms with E-state index in [2.05, 4.69) is 36.7 Å². The lowest BCUT2D eigenvalue weighted by molar-refractivity contribution is -0.123. The van der Waals surface area contributed by atoms with Gasteiger partial charge in [-0.15, -0.1) is 0 Å². The van der Waals surface area contributed by atoms with Gasteiger partial charge in [-0.3, -0.25) is 4.79 Å². The molecule has 116 valence electrons. The summed E-state index contributed by atoms with van der Waals surface area (Å²) < 4.78 is 14.1. The van der Waals surface area contributed by atoms with Crippen LogP contribution in [0.15, 0.2) is 22.7 Å². The Balaban J connectivity index is 1.93. The zero-order valence-corrected chi connectivity index (χ0v) is 14.7. The van der Waals surface area contributed by atoms with Crippen LogP contribution in [0, 0.1) is 23.1 Å². The average molecular weight is 355 g/mol. The van der Waals surface area contributed by atoms with E-state index in [1.807, 2.05) is 6.07 Å². The maximum absolute atomic E-state index is 13.4. The molecular formula is C18H24BrFO. The Bertz CT molecular complexity index is 490. The normalized spacial score (nSPS) is 23.1. The first kappa shape index (κ1) is 16.7. The fraction of sp³-hybridized carbons (Fsp3) is 0.611. The summed E-state index contributed by atoms with van der Waals surface area (Å²) in [5, 5.41) is 0. The van der Waals surface area contributed by atoms with Crippen LogP contribution < -0.4 is 0 Å². The number of carbonyl (C=O) groups is 1. The predicted octanol–water partition coefficient (Wildman–Crippen LogP) is 5.55. The quantitative estimate of drug-likeness (QED) is 0.695. The molecule has 0 aliphatic heterocycles. The van der Waals surface area contributed by atoms with E-state index in [4.69, 9.17) is 0 Å². The van der Waals surface area contributed by atoms with Crippen LogP contribution in [0.3, 0.4) is 0 Å². The Kier molecular flexibility index (Phi) is 5.24. The van der Waals surface area contributed by atoms with Crippen molar-refractivity contribution >= 4 is 21.7 Å². The van der Waals surface area contributed by atoms with Gasteiger partial charge in [0.2, 0.25) is 0 Å². The highest BCUT2D eigenvalue weighted by molar-refractivity contribution is 9.10. The van der Waals surface area contributed by atoms with Gasteiger partial charge in [0.05, 0.1) is 0 Å². The number of Topliss-reactive ketones (excluding diaryl/α,β-unsaturated/α-hetero) is 1. The summed E-state index contributed by atoms with van der Waals surface area (Å²) in [5.41, 5.74) is 1.10. The van der Waals surface area contributed by atoms with E-state index in [1.165, 1.54) is 12.1 Å². The molecule has 0 spiro atoms. The summed E-state index contributed by atoms with van der Waals surface area (Å²) in [6.07, 6.45) is 4.58. The van der Waals surface area contributed by atoms with Crippen LogP contribution in [0.25, 0.3) is 0 Å². The molecule has 0 N–H and O–H groups in total. The molecular weight excluding hydrogens is 331 g/mol. The molecule has 0 heterocycles. The Labute approximate surface area is 135 Å². The molecule has 1 aromatic rings. The standard InChI is InChI=1S/C18H24BrFO/c1-18(2,3)14-6-4-13(5-7-14)17(21)10-12-8-15(19)11-16(20)9-12/h8-9,11,13-14H,4-7,10H2,1-3H3. The zero-order valence-electron chi connectivity index (χ0n) is 13.1. The smallest absolute Gasteiger partial charge is 0.140 e. The van der Waals surface area contributed by atoms with E-state index >= 15 is 0 Å². The summed E-state index contributed by atoms with van der Waals surface area (Å²) in [5.74, 6) is 0.846. The van der Waals surface area contributed by atoms with Gasteiger partial charge in [-0.25, -0.2) is 4.39 Å². The van der Waals surface area contributed by atoms with Crippen molar-refractivity contribution in [3.63, 3.8) is 0 Å². The first-order valence-electron chi connectivity index (χ1n) is 7.73. The lowest BCUT2D eigenvalue weighted by atomic mass is 9.69. The number of carbonyl (C=O) groups excluding carboxylic acids is 1. The van der Waals surface area contributed by atoms with Gasteiger partial charge in [0.1, 0.15) is 11.6 Å². The highest BCUT2D eigenvalue weighted by atomic mass is 79.9. The molecule has 1 aliphatic rings. The molecule has 1 aromatic carbocycles. The minimum atomic E-state index is -0.288. The molecule has 0 unspecified atom stereocenters. The van der Waals surface area contributed by atoms with Gasteiger partial charge in [0.15, 0.2) is 0 Å². The molecule has 0 atom stereocenters. The topological polar surface area (TPSA) is 17.1 Å². The van der Waals surface area contributed by atoms with Crippen molar-refractivity contribution in [1.29, 1.82) is 0 Å². The van der Waals surface area contributed by atoms with Crippen molar-refractivity contribution in [2.75, 3.05) is 0 Å². The minimum Gasteiger partial charge on any atom is -0.299 e. The summed E-state index contributed by atoms with van der Waals surface area (Å²) >= 11 is 3.28. The van der Waals surface area contributed by atoms with Gasteiger partial charge in [-0.1, -0.05) is 36.7 Å². The van der Waals surface area contributed by atoms with Crippen molar-refractivity contribution in [3.05, 3.63) is 34.1 Å². The third-order valence-electron chi connectivity index (χ3n) is 4.71. The molecule has 0 radical (unpaired) electrons. The molecule has 1 aliphatic carbocycles. The van der Waals surface area contributed by atoms with Gasteiger partial charge in [-0.2, -0.15) is 0 Å². The van der Waals surface area contributed by atoms with Crippen molar-refractivity contribution < 1.29 is 9.18 Å². The van der Waals surface area contributed by atoms with Crippen molar-refractivity contribution in [3.8, 4) is 0 Å². The molecule has 3 heteroatoms. The van der Waals surface area contributed by atoms with Gasteiger partial charge >= 0.3 is 0 Å². The largest absolute Gasteiger partial charge is 0.299 e. The molecule has 1 saturated carbocycles. The van der Waals surface area contributed by atoms with E-state index in [-0.39, 0.29) is 17.5 Å². The third kappa shape index (κ3) is 4.64. The second-order valence-electron chi connectivity index (χ2n) is 7.34. The van der Waals surface area contributed by atoms with E-state index in [0.29, 0.717) is 22.2 Å². The number of hydrogen-bond donors (Lipinski definition) is 0. The molecule has 0 amide bonds. The summed E-state index contributed by atoms with van der Waals surface area (Å²) in [6, 6.07) is 4.72. The van der Waals surface area contributed by atoms with Gasteiger partial charge in [0, 0.05) is 16.8 Å². The average Bonchev–Trinajstić information content (AvgIpc) is 2.36. The number of rotatable bonds is 3. The minimum absolute atomic E-state index is 0.158. The second kappa shape index (κ2) is 6.60. The van der Waals surface area contributed by atoms with Crippen LogP contribution in [-0.4, -0.2) is 5.78 Å². The Morgan fingerprint density at radius 2 is 1.81 bits per heavy atom. The Morgan fingerprint density at radius 1 is 1.19 bits per heavy atom. The lowest BCUT2D eigenvalue weighted by Crippen LogP contribution is -2.29. The number of halogens is 2. The molecule has 21 heavy (non-hydrogen) atoms. The first-order valence-corrected chi connectivity index (χ1v) is 8.52. The maximum atomic E-state index is 13.4. The number of hydrogen-bond acceptors (Lipinski definition) is 1. The molecule has 1 fully saturated rings. The van der Waals surface area contributed by atoms with E-state index < -0.39 is 0 Å². The fourth-order valence-electron chi connectivity index (χ4n) is 3.34. The summed E-state index contributed by atoms with van der Waals surface area (Å²) in [6.45, 7) is 6.85. The highest BCUT2D eigenvalue weighted by Crippen LogP contribution is 2.40. The second-order valence-corrected chi connectivity index (χ2v) is 8.25. The summed E-state index contributed by atoms with van der Waals surface area (Å²) in [7, 11) is 0. The Hall–Kier alpha value is -0.700. The zero-order chi connectivity index (χ0) is 15.6. The lowest BCUT2D eigenvalue weighted by Gasteiger charge is -2.36. The van der Waals surface area contributed by atoms with Crippen molar-refractivity contribution in [2.24, 2.45) is 17.3 Å². The van der Waals surface area contributed by atoms with E-state index in [9.17, 15) is 9.18 Å². The summed E-state index contributed by atoms with van der Waals surface area (Å²) in [4.78, 5) is 12.4. The van der Waals surface area contributed by atoms with Crippen molar-refractivity contribution in [1.82, 2.24) is 0 Å².